The van der Waals surface area contributed by atoms with Gasteiger partial charge in [-0.3, -0.25) is 4.79 Å². The van der Waals surface area contributed by atoms with Crippen molar-refractivity contribution < 1.29 is 4.79 Å². The van der Waals surface area contributed by atoms with Crippen LogP contribution in [0.2, 0.25) is 5.02 Å². The maximum Gasteiger partial charge on any atom is 0.257 e. The minimum absolute atomic E-state index is 0.226. The molecule has 2 heterocycles. The molecule has 0 unspecified atom stereocenters. The summed E-state index contributed by atoms with van der Waals surface area (Å²) >= 11 is 9.24. The third-order valence-electron chi connectivity index (χ3n) is 3.65. The third kappa shape index (κ3) is 4.02. The zero-order chi connectivity index (χ0) is 16.2. The van der Waals surface area contributed by atoms with Crippen molar-refractivity contribution in [3.63, 3.8) is 0 Å². The first-order chi connectivity index (χ1) is 11.1. The van der Waals surface area contributed by atoms with Crippen molar-refractivity contribution in [3.8, 4) is 0 Å². The molecule has 23 heavy (non-hydrogen) atoms. The highest BCUT2D eigenvalue weighted by Gasteiger charge is 2.13. The van der Waals surface area contributed by atoms with E-state index in [1.54, 1.807) is 24.4 Å². The Morgan fingerprint density at radius 2 is 2.04 bits per heavy atom. The van der Waals surface area contributed by atoms with Crippen LogP contribution in [0.1, 0.15) is 10.4 Å². The smallest absolute Gasteiger partial charge is 0.257 e. The van der Waals surface area contributed by atoms with Gasteiger partial charge in [0.15, 0.2) is 0 Å². The molecule has 1 aromatic carbocycles. The van der Waals surface area contributed by atoms with E-state index in [1.807, 2.05) is 12.1 Å². The van der Waals surface area contributed by atoms with Gasteiger partial charge >= 0.3 is 0 Å². The Bertz CT molecular complexity index is 702. The van der Waals surface area contributed by atoms with Crippen LogP contribution in [0.5, 0.6) is 0 Å². The standard InChI is InChI=1S/C16H16BrClN4O/c17-14-9-11(18)1-3-13(14)16(23)21-15-4-2-12(10-20-15)22-7-5-19-6-8-22/h1-4,9-10,19H,5-8H2,(H,20,21,23). The molecule has 0 saturated carbocycles. The number of hydrogen-bond acceptors (Lipinski definition) is 4. The number of piperazine rings is 1. The molecule has 0 atom stereocenters. The molecule has 1 aliphatic rings. The number of nitrogens with zero attached hydrogens (tertiary/aromatic N) is 2. The van der Waals surface area contributed by atoms with Crippen molar-refractivity contribution >= 4 is 44.9 Å². The van der Waals surface area contributed by atoms with Crippen molar-refractivity contribution in [3.05, 3.63) is 51.6 Å². The Balaban J connectivity index is 1.69. The zero-order valence-corrected chi connectivity index (χ0v) is 14.7. The normalized spacial score (nSPS) is 14.6. The van der Waals surface area contributed by atoms with Crippen molar-refractivity contribution in [2.24, 2.45) is 0 Å². The number of pyridine rings is 1. The fourth-order valence-corrected chi connectivity index (χ4v) is 3.29. The summed E-state index contributed by atoms with van der Waals surface area (Å²) in [7, 11) is 0. The van der Waals surface area contributed by atoms with Crippen molar-refractivity contribution in [1.82, 2.24) is 10.3 Å². The van der Waals surface area contributed by atoms with Gasteiger partial charge in [-0.1, -0.05) is 11.6 Å². The predicted octanol–water partition coefficient (Wildman–Crippen LogP) is 3.16. The predicted molar refractivity (Wildman–Crippen MR) is 96.4 cm³/mol. The van der Waals surface area contributed by atoms with Crippen LogP contribution in [0, 0.1) is 0 Å². The topological polar surface area (TPSA) is 57.3 Å². The third-order valence-corrected chi connectivity index (χ3v) is 4.54. The second kappa shape index (κ2) is 7.29. The van der Waals surface area contributed by atoms with Crippen molar-refractivity contribution in [2.75, 3.05) is 36.4 Å². The summed E-state index contributed by atoms with van der Waals surface area (Å²) in [5, 5.41) is 6.69. The van der Waals surface area contributed by atoms with Crippen LogP contribution in [-0.4, -0.2) is 37.1 Å². The number of halogens is 2. The van der Waals surface area contributed by atoms with E-state index in [9.17, 15) is 4.79 Å². The minimum atomic E-state index is -0.226. The SMILES string of the molecule is O=C(Nc1ccc(N2CCNCC2)cn1)c1ccc(Cl)cc1Br. The Labute approximate surface area is 148 Å². The molecular formula is C16H16BrClN4O. The zero-order valence-electron chi connectivity index (χ0n) is 12.4. The van der Waals surface area contributed by atoms with E-state index < -0.39 is 0 Å². The molecule has 5 nitrogen and oxygen atoms in total. The highest BCUT2D eigenvalue weighted by atomic mass is 79.9. The van der Waals surface area contributed by atoms with Gasteiger partial charge in [0.1, 0.15) is 5.82 Å². The monoisotopic (exact) mass is 394 g/mol. The van der Waals surface area contributed by atoms with Gasteiger partial charge in [0.25, 0.3) is 5.91 Å². The van der Waals surface area contributed by atoms with Gasteiger partial charge in [0, 0.05) is 35.7 Å². The second-order valence-electron chi connectivity index (χ2n) is 5.22. The lowest BCUT2D eigenvalue weighted by Gasteiger charge is -2.29. The molecule has 1 amide bonds. The summed E-state index contributed by atoms with van der Waals surface area (Å²) in [5.74, 6) is 0.298. The Morgan fingerprint density at radius 3 is 2.70 bits per heavy atom. The molecule has 3 rings (SSSR count). The van der Waals surface area contributed by atoms with E-state index in [0.29, 0.717) is 20.9 Å². The van der Waals surface area contributed by atoms with Gasteiger partial charge in [-0.15, -0.1) is 0 Å². The van der Waals surface area contributed by atoms with E-state index in [1.165, 1.54) is 0 Å². The number of amides is 1. The molecule has 2 N–H and O–H groups in total. The van der Waals surface area contributed by atoms with Gasteiger partial charge in [-0.25, -0.2) is 4.98 Å². The molecule has 1 aliphatic heterocycles. The van der Waals surface area contributed by atoms with Crippen LogP contribution in [0.15, 0.2) is 41.0 Å². The number of hydrogen-bond donors (Lipinski definition) is 2. The second-order valence-corrected chi connectivity index (χ2v) is 6.51. The maximum atomic E-state index is 12.3. The Hall–Kier alpha value is -1.63. The summed E-state index contributed by atoms with van der Waals surface area (Å²) in [5.41, 5.74) is 1.58. The van der Waals surface area contributed by atoms with Crippen LogP contribution in [0.25, 0.3) is 0 Å². The van der Waals surface area contributed by atoms with E-state index in [4.69, 9.17) is 11.6 Å². The lowest BCUT2D eigenvalue weighted by Crippen LogP contribution is -2.43. The lowest BCUT2D eigenvalue weighted by molar-refractivity contribution is 0.102. The van der Waals surface area contributed by atoms with Gasteiger partial charge < -0.3 is 15.5 Å². The average molecular weight is 396 g/mol. The Morgan fingerprint density at radius 1 is 1.26 bits per heavy atom. The van der Waals surface area contributed by atoms with E-state index in [2.05, 4.69) is 36.4 Å². The molecular weight excluding hydrogens is 380 g/mol. The number of rotatable bonds is 3. The molecule has 0 bridgehead atoms. The van der Waals surface area contributed by atoms with Crippen LogP contribution in [-0.2, 0) is 0 Å². The number of nitrogens with one attached hydrogen (secondary N) is 2. The molecule has 2 aromatic rings. The van der Waals surface area contributed by atoms with E-state index >= 15 is 0 Å². The lowest BCUT2D eigenvalue weighted by atomic mass is 10.2. The molecule has 0 aliphatic carbocycles. The van der Waals surface area contributed by atoms with Crippen LogP contribution in [0.4, 0.5) is 11.5 Å². The first kappa shape index (κ1) is 16.2. The summed E-state index contributed by atoms with van der Waals surface area (Å²) in [6, 6.07) is 8.85. The highest BCUT2D eigenvalue weighted by molar-refractivity contribution is 9.10. The molecule has 1 saturated heterocycles. The number of anilines is 2. The Kier molecular flexibility index (Phi) is 5.15. The van der Waals surface area contributed by atoms with Gasteiger partial charge in [0.05, 0.1) is 17.4 Å². The van der Waals surface area contributed by atoms with Gasteiger partial charge in [-0.2, -0.15) is 0 Å². The fraction of sp³-hybridized carbons (Fsp3) is 0.250. The minimum Gasteiger partial charge on any atom is -0.368 e. The molecule has 1 aromatic heterocycles. The van der Waals surface area contributed by atoms with Crippen LogP contribution in [0.3, 0.4) is 0 Å². The fourth-order valence-electron chi connectivity index (χ4n) is 2.43. The molecule has 120 valence electrons. The summed E-state index contributed by atoms with van der Waals surface area (Å²) in [6.45, 7) is 3.88. The average Bonchev–Trinajstić information content (AvgIpc) is 2.56. The molecule has 0 radical (unpaired) electrons. The quantitative estimate of drug-likeness (QED) is 0.838. The number of carbonyl (C=O) groups is 1. The summed E-state index contributed by atoms with van der Waals surface area (Å²) < 4.78 is 0.653. The molecule has 7 heteroatoms. The first-order valence-corrected chi connectivity index (χ1v) is 8.49. The number of carbonyl (C=O) groups excluding carboxylic acids is 1. The largest absolute Gasteiger partial charge is 0.368 e. The summed E-state index contributed by atoms with van der Waals surface area (Å²) in [4.78, 5) is 18.9. The van der Waals surface area contributed by atoms with E-state index in [0.717, 1.165) is 31.9 Å². The van der Waals surface area contributed by atoms with Crippen LogP contribution < -0.4 is 15.5 Å². The van der Waals surface area contributed by atoms with Crippen LogP contribution >= 0.6 is 27.5 Å². The maximum absolute atomic E-state index is 12.3. The van der Waals surface area contributed by atoms with E-state index in [-0.39, 0.29) is 5.91 Å². The van der Waals surface area contributed by atoms with Gasteiger partial charge in [0.2, 0.25) is 0 Å². The molecule has 1 fully saturated rings. The highest BCUT2D eigenvalue weighted by Crippen LogP contribution is 2.23. The van der Waals surface area contributed by atoms with Crippen molar-refractivity contribution in [1.29, 1.82) is 0 Å². The van der Waals surface area contributed by atoms with Gasteiger partial charge in [-0.05, 0) is 46.3 Å². The number of benzene rings is 1. The number of aromatic nitrogens is 1. The molecule has 0 spiro atoms. The van der Waals surface area contributed by atoms with Crippen molar-refractivity contribution in [2.45, 2.75) is 0 Å². The first-order valence-electron chi connectivity index (χ1n) is 7.31. The summed E-state index contributed by atoms with van der Waals surface area (Å²) in [6.07, 6.45) is 1.79.